The van der Waals surface area contributed by atoms with Crippen LogP contribution in [0.3, 0.4) is 0 Å². The van der Waals surface area contributed by atoms with Gasteiger partial charge in [0.2, 0.25) is 0 Å². The Kier molecular flexibility index (Phi) is 8.39. The fraction of sp³-hybridized carbons (Fsp3) is 0.400. The van der Waals surface area contributed by atoms with E-state index >= 15 is 0 Å². The zero-order valence-electron chi connectivity index (χ0n) is 14.6. The second kappa shape index (κ2) is 10.8. The SMILES string of the molecule is COCCCN(Cc1ccc(F)cc1)C[C@@H](O)COc1ccccc1. The summed E-state index contributed by atoms with van der Waals surface area (Å²) in [6.07, 6.45) is 0.257. The highest BCUT2D eigenvalue weighted by Crippen LogP contribution is 2.11. The van der Waals surface area contributed by atoms with Crippen molar-refractivity contribution < 1.29 is 19.0 Å². The van der Waals surface area contributed by atoms with Gasteiger partial charge in [-0.2, -0.15) is 0 Å². The van der Waals surface area contributed by atoms with Gasteiger partial charge in [-0.3, -0.25) is 4.90 Å². The largest absolute Gasteiger partial charge is 0.491 e. The van der Waals surface area contributed by atoms with Gasteiger partial charge >= 0.3 is 0 Å². The second-order valence-corrected chi connectivity index (χ2v) is 5.99. The fourth-order valence-electron chi connectivity index (χ4n) is 2.58. The summed E-state index contributed by atoms with van der Waals surface area (Å²) in [5, 5.41) is 10.3. The summed E-state index contributed by atoms with van der Waals surface area (Å²) in [6, 6.07) is 15.9. The molecule has 0 saturated heterocycles. The lowest BCUT2D eigenvalue weighted by molar-refractivity contribution is 0.0617. The molecule has 4 nitrogen and oxygen atoms in total. The third-order valence-electron chi connectivity index (χ3n) is 3.80. The maximum atomic E-state index is 13.1. The molecule has 25 heavy (non-hydrogen) atoms. The Morgan fingerprint density at radius 1 is 1.08 bits per heavy atom. The first-order chi connectivity index (χ1) is 12.2. The standard InChI is InChI=1S/C20H26FNO3/c1-24-13-5-12-22(14-17-8-10-18(21)11-9-17)15-19(23)16-25-20-6-3-2-4-7-20/h2-4,6-11,19,23H,5,12-16H2,1H3/t19-/m1/s1. The molecule has 0 spiro atoms. The van der Waals surface area contributed by atoms with Crippen LogP contribution in [-0.2, 0) is 11.3 Å². The third-order valence-corrected chi connectivity index (χ3v) is 3.80. The summed E-state index contributed by atoms with van der Waals surface area (Å²) in [4.78, 5) is 2.13. The van der Waals surface area contributed by atoms with E-state index in [0.717, 1.165) is 24.3 Å². The Balaban J connectivity index is 1.86. The number of benzene rings is 2. The second-order valence-electron chi connectivity index (χ2n) is 5.99. The van der Waals surface area contributed by atoms with Crippen LogP contribution in [0.25, 0.3) is 0 Å². The molecule has 0 bridgehead atoms. The number of ether oxygens (including phenoxy) is 2. The highest BCUT2D eigenvalue weighted by molar-refractivity contribution is 5.21. The summed E-state index contributed by atoms with van der Waals surface area (Å²) in [6.45, 7) is 2.80. The third kappa shape index (κ3) is 7.65. The molecule has 0 unspecified atom stereocenters. The number of rotatable bonds is 11. The Morgan fingerprint density at radius 2 is 1.80 bits per heavy atom. The molecular formula is C20H26FNO3. The molecule has 1 atom stereocenters. The van der Waals surface area contributed by atoms with Gasteiger partial charge in [0.15, 0.2) is 0 Å². The first-order valence-electron chi connectivity index (χ1n) is 8.49. The molecule has 136 valence electrons. The number of para-hydroxylation sites is 1. The smallest absolute Gasteiger partial charge is 0.123 e. The molecule has 0 saturated carbocycles. The zero-order valence-corrected chi connectivity index (χ0v) is 14.6. The van der Waals surface area contributed by atoms with Crippen LogP contribution in [0, 0.1) is 5.82 Å². The van der Waals surface area contributed by atoms with E-state index in [1.54, 1.807) is 19.2 Å². The van der Waals surface area contributed by atoms with Crippen LogP contribution in [0.5, 0.6) is 5.75 Å². The number of hydrogen-bond acceptors (Lipinski definition) is 4. The van der Waals surface area contributed by atoms with Crippen molar-refractivity contribution in [2.24, 2.45) is 0 Å². The molecule has 0 radical (unpaired) electrons. The van der Waals surface area contributed by atoms with E-state index in [-0.39, 0.29) is 12.4 Å². The Morgan fingerprint density at radius 3 is 2.48 bits per heavy atom. The Labute approximate surface area is 148 Å². The van der Waals surface area contributed by atoms with Crippen molar-refractivity contribution in [3.63, 3.8) is 0 Å². The fourth-order valence-corrected chi connectivity index (χ4v) is 2.58. The van der Waals surface area contributed by atoms with Crippen LogP contribution in [-0.4, -0.2) is 49.5 Å². The Hall–Kier alpha value is -1.95. The minimum absolute atomic E-state index is 0.230. The highest BCUT2D eigenvalue weighted by atomic mass is 19.1. The van der Waals surface area contributed by atoms with Gasteiger partial charge in [0, 0.05) is 33.4 Å². The summed E-state index contributed by atoms with van der Waals surface area (Å²) in [7, 11) is 1.67. The predicted octanol–water partition coefficient (Wildman–Crippen LogP) is 3.10. The van der Waals surface area contributed by atoms with Gasteiger partial charge in [0.05, 0.1) is 0 Å². The first kappa shape index (κ1) is 19.4. The number of hydrogen-bond donors (Lipinski definition) is 1. The maximum Gasteiger partial charge on any atom is 0.123 e. The van der Waals surface area contributed by atoms with Crippen LogP contribution in [0.1, 0.15) is 12.0 Å². The van der Waals surface area contributed by atoms with E-state index in [1.165, 1.54) is 12.1 Å². The van der Waals surface area contributed by atoms with Gasteiger partial charge in [0.25, 0.3) is 0 Å². The number of methoxy groups -OCH3 is 1. The van der Waals surface area contributed by atoms with Crippen LogP contribution < -0.4 is 4.74 Å². The molecule has 2 rings (SSSR count). The molecule has 0 aliphatic carbocycles. The van der Waals surface area contributed by atoms with Gasteiger partial charge < -0.3 is 14.6 Å². The van der Waals surface area contributed by atoms with E-state index in [1.807, 2.05) is 30.3 Å². The lowest BCUT2D eigenvalue weighted by Gasteiger charge is -2.25. The van der Waals surface area contributed by atoms with Gasteiger partial charge in [-0.1, -0.05) is 30.3 Å². The van der Waals surface area contributed by atoms with E-state index in [2.05, 4.69) is 4.90 Å². The monoisotopic (exact) mass is 347 g/mol. The molecule has 0 fully saturated rings. The molecule has 2 aromatic rings. The highest BCUT2D eigenvalue weighted by Gasteiger charge is 2.13. The van der Waals surface area contributed by atoms with Gasteiger partial charge in [-0.25, -0.2) is 4.39 Å². The minimum Gasteiger partial charge on any atom is -0.491 e. The van der Waals surface area contributed by atoms with Crippen molar-refractivity contribution in [2.45, 2.75) is 19.1 Å². The summed E-state index contributed by atoms with van der Waals surface area (Å²) < 4.78 is 23.8. The zero-order chi connectivity index (χ0) is 17.9. The molecule has 0 aromatic heterocycles. The molecular weight excluding hydrogens is 321 g/mol. The van der Waals surface area contributed by atoms with Crippen molar-refractivity contribution in [2.75, 3.05) is 33.4 Å². The first-order valence-corrected chi connectivity index (χ1v) is 8.49. The van der Waals surface area contributed by atoms with Gasteiger partial charge in [-0.15, -0.1) is 0 Å². The van der Waals surface area contributed by atoms with E-state index in [0.29, 0.717) is 19.7 Å². The average molecular weight is 347 g/mol. The van der Waals surface area contributed by atoms with E-state index in [9.17, 15) is 9.50 Å². The molecule has 2 aromatic carbocycles. The molecule has 0 aliphatic heterocycles. The van der Waals surface area contributed by atoms with Crippen molar-refractivity contribution >= 4 is 0 Å². The number of aliphatic hydroxyl groups is 1. The Bertz CT molecular complexity index is 592. The lowest BCUT2D eigenvalue weighted by atomic mass is 10.2. The van der Waals surface area contributed by atoms with Crippen molar-refractivity contribution in [1.82, 2.24) is 4.90 Å². The minimum atomic E-state index is -0.608. The summed E-state index contributed by atoms with van der Waals surface area (Å²) in [5.41, 5.74) is 1.01. The van der Waals surface area contributed by atoms with Crippen LogP contribution in [0.2, 0.25) is 0 Å². The molecule has 1 N–H and O–H groups in total. The summed E-state index contributed by atoms with van der Waals surface area (Å²) in [5.74, 6) is 0.497. The quantitative estimate of drug-likeness (QED) is 0.634. The van der Waals surface area contributed by atoms with Crippen molar-refractivity contribution in [3.8, 4) is 5.75 Å². The molecule has 0 aliphatic rings. The van der Waals surface area contributed by atoms with Crippen molar-refractivity contribution in [3.05, 3.63) is 66.0 Å². The topological polar surface area (TPSA) is 41.9 Å². The molecule has 0 heterocycles. The van der Waals surface area contributed by atoms with Crippen molar-refractivity contribution in [1.29, 1.82) is 0 Å². The van der Waals surface area contributed by atoms with E-state index in [4.69, 9.17) is 9.47 Å². The van der Waals surface area contributed by atoms with Gasteiger partial charge in [0.1, 0.15) is 24.3 Å². The average Bonchev–Trinajstić information content (AvgIpc) is 2.63. The molecule has 5 heteroatoms. The number of nitrogens with zero attached hydrogens (tertiary/aromatic N) is 1. The predicted molar refractivity (Wildman–Crippen MR) is 96.1 cm³/mol. The maximum absolute atomic E-state index is 13.1. The van der Waals surface area contributed by atoms with Crippen LogP contribution >= 0.6 is 0 Å². The van der Waals surface area contributed by atoms with Crippen LogP contribution in [0.15, 0.2) is 54.6 Å². The van der Waals surface area contributed by atoms with E-state index < -0.39 is 6.10 Å². The number of aliphatic hydroxyl groups excluding tert-OH is 1. The number of halogens is 1. The normalized spacial score (nSPS) is 12.3. The molecule has 0 amide bonds. The van der Waals surface area contributed by atoms with Crippen LogP contribution in [0.4, 0.5) is 4.39 Å². The lowest BCUT2D eigenvalue weighted by Crippen LogP contribution is -2.36. The summed E-state index contributed by atoms with van der Waals surface area (Å²) >= 11 is 0. The van der Waals surface area contributed by atoms with Gasteiger partial charge in [-0.05, 0) is 36.2 Å².